The molecular formula is C15H16N2O3. The molecule has 5 heteroatoms. The molecule has 1 atom stereocenters. The molecule has 0 spiro atoms. The van der Waals surface area contributed by atoms with E-state index in [1.165, 1.54) is 14.2 Å². The van der Waals surface area contributed by atoms with Crippen molar-refractivity contribution in [3.05, 3.63) is 29.5 Å². The summed E-state index contributed by atoms with van der Waals surface area (Å²) in [6, 6.07) is 5.70. The number of nitrogens with zero attached hydrogens (tertiary/aromatic N) is 1. The van der Waals surface area contributed by atoms with Crippen LogP contribution in [0, 0.1) is 18.3 Å². The van der Waals surface area contributed by atoms with E-state index < -0.39 is 11.4 Å². The number of carbonyl (C=O) groups is 1. The number of hydrogen-bond donors (Lipinski definition) is 1. The van der Waals surface area contributed by atoms with Crippen LogP contribution < -0.4 is 4.74 Å². The normalized spacial score (nSPS) is 13.6. The second-order valence-electron chi connectivity index (χ2n) is 4.77. The number of rotatable bonds is 3. The Labute approximate surface area is 117 Å². The van der Waals surface area contributed by atoms with Crippen LogP contribution in [0.1, 0.15) is 18.1 Å². The number of nitriles is 1. The van der Waals surface area contributed by atoms with Crippen molar-refractivity contribution >= 4 is 16.9 Å². The highest BCUT2D eigenvalue weighted by atomic mass is 16.5. The minimum Gasteiger partial charge on any atom is -0.496 e. The zero-order valence-corrected chi connectivity index (χ0v) is 11.9. The summed E-state index contributed by atoms with van der Waals surface area (Å²) in [5, 5.41) is 10.3. The van der Waals surface area contributed by atoms with E-state index in [2.05, 4.69) is 11.1 Å². The van der Waals surface area contributed by atoms with Crippen LogP contribution in [-0.2, 0) is 14.9 Å². The molecule has 0 saturated heterocycles. The maximum absolute atomic E-state index is 12.1. The molecular weight excluding hydrogens is 256 g/mol. The Morgan fingerprint density at radius 2 is 2.15 bits per heavy atom. The van der Waals surface area contributed by atoms with Gasteiger partial charge in [0.05, 0.1) is 20.3 Å². The minimum atomic E-state index is -1.42. The van der Waals surface area contributed by atoms with E-state index in [0.29, 0.717) is 11.3 Å². The van der Waals surface area contributed by atoms with Crippen molar-refractivity contribution < 1.29 is 14.3 Å². The molecule has 2 rings (SSSR count). The first kappa shape index (κ1) is 13.9. The Balaban J connectivity index is 2.88. The van der Waals surface area contributed by atoms with Crippen LogP contribution in [0.5, 0.6) is 5.75 Å². The van der Waals surface area contributed by atoms with Crippen LogP contribution in [-0.4, -0.2) is 25.2 Å². The van der Waals surface area contributed by atoms with E-state index in [4.69, 9.17) is 9.47 Å². The summed E-state index contributed by atoms with van der Waals surface area (Å²) < 4.78 is 10.2. The topological polar surface area (TPSA) is 75.1 Å². The van der Waals surface area contributed by atoms with Gasteiger partial charge in [-0.1, -0.05) is 0 Å². The molecule has 0 bridgehead atoms. The standard InChI is InChI=1S/C15H16N2O3/c1-9-7-11(19-3)12(10-5-6-17-13(9)10)15(2,8-16)14(18)20-4/h5-7,17H,1-4H3. The average molecular weight is 272 g/mol. The minimum absolute atomic E-state index is 0.504. The molecule has 1 heterocycles. The molecule has 0 fully saturated rings. The molecule has 1 aromatic carbocycles. The highest BCUT2D eigenvalue weighted by Gasteiger charge is 2.41. The lowest BCUT2D eigenvalue weighted by molar-refractivity contribution is -0.144. The Morgan fingerprint density at radius 3 is 2.70 bits per heavy atom. The van der Waals surface area contributed by atoms with Crippen molar-refractivity contribution in [1.82, 2.24) is 4.98 Å². The van der Waals surface area contributed by atoms with E-state index in [9.17, 15) is 10.1 Å². The summed E-state index contributed by atoms with van der Waals surface area (Å²) in [4.78, 5) is 15.2. The Hall–Kier alpha value is -2.48. The number of carbonyl (C=O) groups excluding carboxylic acids is 1. The summed E-state index contributed by atoms with van der Waals surface area (Å²) >= 11 is 0. The number of aromatic nitrogens is 1. The van der Waals surface area contributed by atoms with Gasteiger partial charge in [0.25, 0.3) is 0 Å². The van der Waals surface area contributed by atoms with Crippen LogP contribution >= 0.6 is 0 Å². The first-order valence-electron chi connectivity index (χ1n) is 6.14. The molecule has 0 amide bonds. The monoisotopic (exact) mass is 272 g/mol. The molecule has 0 saturated carbocycles. The van der Waals surface area contributed by atoms with Gasteiger partial charge < -0.3 is 14.5 Å². The summed E-state index contributed by atoms with van der Waals surface area (Å²) in [5.41, 5.74) is 0.965. The number of H-pyrrole nitrogens is 1. The van der Waals surface area contributed by atoms with E-state index in [-0.39, 0.29) is 0 Å². The largest absolute Gasteiger partial charge is 0.496 e. The summed E-state index contributed by atoms with van der Waals surface area (Å²) in [7, 11) is 2.79. The lowest BCUT2D eigenvalue weighted by Gasteiger charge is -2.23. The molecule has 5 nitrogen and oxygen atoms in total. The van der Waals surface area contributed by atoms with Gasteiger partial charge in [0, 0.05) is 22.7 Å². The lowest BCUT2D eigenvalue weighted by Crippen LogP contribution is -2.32. The number of nitrogens with one attached hydrogen (secondary N) is 1. The van der Waals surface area contributed by atoms with Crippen LogP contribution in [0.25, 0.3) is 10.9 Å². The molecule has 104 valence electrons. The number of aryl methyl sites for hydroxylation is 1. The van der Waals surface area contributed by atoms with Crippen LogP contribution in [0.3, 0.4) is 0 Å². The maximum atomic E-state index is 12.1. The molecule has 20 heavy (non-hydrogen) atoms. The third-order valence-corrected chi connectivity index (χ3v) is 3.54. The third kappa shape index (κ3) is 1.81. The first-order chi connectivity index (χ1) is 9.49. The molecule has 0 aliphatic carbocycles. The molecule has 2 aromatic rings. The molecule has 0 radical (unpaired) electrons. The summed E-state index contributed by atoms with van der Waals surface area (Å²) in [6.07, 6.45) is 1.77. The fourth-order valence-corrected chi connectivity index (χ4v) is 2.46. The Morgan fingerprint density at radius 1 is 1.45 bits per heavy atom. The maximum Gasteiger partial charge on any atom is 0.330 e. The Kier molecular flexibility index (Phi) is 3.41. The van der Waals surface area contributed by atoms with E-state index >= 15 is 0 Å². The van der Waals surface area contributed by atoms with Gasteiger partial charge in [0.15, 0.2) is 5.41 Å². The molecule has 0 aliphatic rings. The lowest BCUT2D eigenvalue weighted by atomic mass is 9.81. The predicted molar refractivity (Wildman–Crippen MR) is 74.6 cm³/mol. The molecule has 1 unspecified atom stereocenters. The van der Waals surface area contributed by atoms with Crippen LogP contribution in [0.15, 0.2) is 18.3 Å². The van der Waals surface area contributed by atoms with Gasteiger partial charge in [0.2, 0.25) is 0 Å². The predicted octanol–water partition coefficient (Wildman–Crippen LogP) is 2.44. The van der Waals surface area contributed by atoms with Gasteiger partial charge in [0.1, 0.15) is 5.75 Å². The van der Waals surface area contributed by atoms with E-state index in [1.54, 1.807) is 13.1 Å². The molecule has 1 aromatic heterocycles. The first-order valence-corrected chi connectivity index (χ1v) is 6.14. The second-order valence-corrected chi connectivity index (χ2v) is 4.77. The van der Waals surface area contributed by atoms with Gasteiger partial charge in [-0.3, -0.25) is 0 Å². The zero-order chi connectivity index (χ0) is 14.9. The number of aromatic amines is 1. The second kappa shape index (κ2) is 4.89. The zero-order valence-electron chi connectivity index (χ0n) is 11.9. The summed E-state index contributed by atoms with van der Waals surface area (Å²) in [6.45, 7) is 3.48. The van der Waals surface area contributed by atoms with Crippen molar-refractivity contribution in [2.75, 3.05) is 14.2 Å². The van der Waals surface area contributed by atoms with Gasteiger partial charge in [-0.2, -0.15) is 5.26 Å². The van der Waals surface area contributed by atoms with Gasteiger partial charge >= 0.3 is 5.97 Å². The number of hydrogen-bond acceptors (Lipinski definition) is 4. The number of methoxy groups -OCH3 is 2. The highest BCUT2D eigenvalue weighted by molar-refractivity contribution is 5.97. The van der Waals surface area contributed by atoms with Gasteiger partial charge in [-0.15, -0.1) is 0 Å². The molecule has 1 N–H and O–H groups in total. The summed E-state index contributed by atoms with van der Waals surface area (Å²) in [5.74, 6) is -0.103. The van der Waals surface area contributed by atoms with E-state index in [0.717, 1.165) is 16.5 Å². The molecule has 0 aliphatic heterocycles. The van der Waals surface area contributed by atoms with E-state index in [1.807, 2.05) is 19.1 Å². The average Bonchev–Trinajstić information content (AvgIpc) is 2.94. The number of ether oxygens (including phenoxy) is 2. The van der Waals surface area contributed by atoms with Crippen molar-refractivity contribution in [2.24, 2.45) is 0 Å². The Bertz CT molecular complexity index is 712. The SMILES string of the molecule is COC(=O)C(C)(C#N)c1c(OC)cc(C)c2[nH]ccc12. The van der Waals surface area contributed by atoms with Crippen molar-refractivity contribution in [3.63, 3.8) is 0 Å². The van der Waals surface area contributed by atoms with Gasteiger partial charge in [-0.05, 0) is 31.5 Å². The van der Waals surface area contributed by atoms with Crippen molar-refractivity contribution in [1.29, 1.82) is 5.26 Å². The third-order valence-electron chi connectivity index (χ3n) is 3.54. The van der Waals surface area contributed by atoms with Crippen molar-refractivity contribution in [3.8, 4) is 11.8 Å². The van der Waals surface area contributed by atoms with Crippen LogP contribution in [0.4, 0.5) is 0 Å². The number of esters is 1. The van der Waals surface area contributed by atoms with Gasteiger partial charge in [-0.25, -0.2) is 4.79 Å². The number of fused-ring (bicyclic) bond motifs is 1. The fraction of sp³-hybridized carbons (Fsp3) is 0.333. The quantitative estimate of drug-likeness (QED) is 0.871. The van der Waals surface area contributed by atoms with Crippen LogP contribution in [0.2, 0.25) is 0 Å². The fourth-order valence-electron chi connectivity index (χ4n) is 2.46. The number of benzene rings is 1. The smallest absolute Gasteiger partial charge is 0.330 e. The van der Waals surface area contributed by atoms with Crippen molar-refractivity contribution in [2.45, 2.75) is 19.3 Å². The highest BCUT2D eigenvalue weighted by Crippen LogP contribution is 2.39.